The Bertz CT molecular complexity index is 2680. The minimum absolute atomic E-state index is 0.0524. The number of nitrogen functional groups attached to an aromatic ring is 2. The van der Waals surface area contributed by atoms with Gasteiger partial charge in [-0.1, -0.05) is 55.8 Å². The largest absolute Gasteiger partial charge is 0.481 e. The van der Waals surface area contributed by atoms with Crippen molar-refractivity contribution in [2.24, 2.45) is 5.73 Å². The molecule has 0 fully saturated rings. The molecule has 0 spiro atoms. The lowest BCUT2D eigenvalue weighted by Gasteiger charge is -2.14. The van der Waals surface area contributed by atoms with Gasteiger partial charge in [0.05, 0.1) is 29.5 Å². The number of hydrogen-bond donors (Lipinski definition) is 8. The Hall–Kier alpha value is -7.47. The summed E-state index contributed by atoms with van der Waals surface area (Å²) in [7, 11) is 0. The van der Waals surface area contributed by atoms with E-state index in [1.54, 1.807) is 12.1 Å². The van der Waals surface area contributed by atoms with Crippen molar-refractivity contribution in [3.63, 3.8) is 0 Å². The van der Waals surface area contributed by atoms with Crippen molar-refractivity contribution in [3.8, 4) is 0 Å². The van der Waals surface area contributed by atoms with Crippen LogP contribution in [0.3, 0.4) is 0 Å². The number of fused-ring (bicyclic) bond motifs is 4. The predicted octanol–water partition coefficient (Wildman–Crippen LogP) is 3.97. The molecule has 304 valence electrons. The van der Waals surface area contributed by atoms with E-state index in [0.29, 0.717) is 23.7 Å². The van der Waals surface area contributed by atoms with Gasteiger partial charge in [-0.05, 0) is 54.3 Å². The predicted molar refractivity (Wildman–Crippen MR) is 223 cm³/mol. The van der Waals surface area contributed by atoms with Gasteiger partial charge in [0.15, 0.2) is 17.0 Å². The molecule has 0 bridgehead atoms. The maximum absolute atomic E-state index is 12.3. The van der Waals surface area contributed by atoms with Crippen LogP contribution in [-0.2, 0) is 35.6 Å². The first kappa shape index (κ1) is 41.2. The molecule has 0 aliphatic heterocycles. The number of benzene rings is 3. The summed E-state index contributed by atoms with van der Waals surface area (Å²) in [4.78, 5) is 70.0. The lowest BCUT2D eigenvalue weighted by Crippen LogP contribution is -2.41. The van der Waals surface area contributed by atoms with Gasteiger partial charge < -0.3 is 42.6 Å². The van der Waals surface area contributed by atoms with Crippen molar-refractivity contribution in [1.29, 1.82) is 0 Å². The number of para-hydroxylation sites is 1. The second-order valence-electron chi connectivity index (χ2n) is 13.7. The van der Waals surface area contributed by atoms with Crippen LogP contribution in [-0.4, -0.2) is 68.6 Å². The van der Waals surface area contributed by atoms with E-state index in [9.17, 15) is 19.2 Å². The monoisotopic (exact) mass is 800 g/mol. The molecule has 1 amide bonds. The number of carboxylic acids is 2. The number of hydrogen-bond acceptors (Lipinski definition) is 13. The Morgan fingerprint density at radius 3 is 2.32 bits per heavy atom. The zero-order valence-corrected chi connectivity index (χ0v) is 32.2. The van der Waals surface area contributed by atoms with Crippen LogP contribution in [0.5, 0.6) is 0 Å². The third-order valence-corrected chi connectivity index (χ3v) is 9.40. The zero-order chi connectivity index (χ0) is 42.1. The van der Waals surface area contributed by atoms with Gasteiger partial charge in [-0.25, -0.2) is 24.7 Å². The lowest BCUT2D eigenvalue weighted by molar-refractivity contribution is -0.140. The Morgan fingerprint density at radius 2 is 1.63 bits per heavy atom. The summed E-state index contributed by atoms with van der Waals surface area (Å²) < 4.78 is 2.31. The summed E-state index contributed by atoms with van der Waals surface area (Å²) in [5, 5.41) is 24.3. The smallest absolute Gasteiger partial charge is 0.326 e. The van der Waals surface area contributed by atoms with Gasteiger partial charge in [-0.2, -0.15) is 4.98 Å². The highest BCUT2D eigenvalue weighted by Crippen LogP contribution is 2.30. The minimum atomic E-state index is -1.31. The summed E-state index contributed by atoms with van der Waals surface area (Å²) >= 11 is 0. The fourth-order valence-corrected chi connectivity index (χ4v) is 6.32. The number of carboxylic acid groups (broad SMARTS) is 2. The number of carbonyl (C=O) groups is 3. The number of rotatable bonds is 15. The number of anilines is 3. The number of amides is 1. The summed E-state index contributed by atoms with van der Waals surface area (Å²) in [5.41, 5.74) is 23.6. The molecule has 59 heavy (non-hydrogen) atoms. The van der Waals surface area contributed by atoms with E-state index in [4.69, 9.17) is 32.4 Å². The molecule has 0 aliphatic carbocycles. The van der Waals surface area contributed by atoms with Crippen LogP contribution in [0.1, 0.15) is 65.6 Å². The summed E-state index contributed by atoms with van der Waals surface area (Å²) in [5.74, 6) is -1.59. The molecular formula is C41H44N12O6. The van der Waals surface area contributed by atoms with Crippen LogP contribution in [0.15, 0.2) is 83.8 Å². The number of H-pyrrole nitrogens is 1. The van der Waals surface area contributed by atoms with E-state index in [2.05, 4.69) is 77.4 Å². The van der Waals surface area contributed by atoms with Crippen LogP contribution in [0.25, 0.3) is 33.1 Å². The standard InChI is InChI=1S/C22H25N5.C19H19N7O6/c1-2-3-8-19-26-20-21(17-6-4-5-7-18(17)25-22(20)24)27(19)14-16-11-9-15(13-23)10-12-16;20-19-25-15-14(17(30)26-19)23-11(8-22-15)7-21-10-3-1-9(2-4-10)16(29)24-12(18(31)32)5-6-13(27)28/h4-7,9-12H,2-3,8,13-14,23H2,1H3,(H2,24,25);1-4,8,12,21H,5-7H2,(H,24,29)(H,27,28)(H,31,32)(H3,20,22,25,26,30). The SMILES string of the molecule is CCCCc1nc2c(N)nc3ccccc3c2n1Cc1ccc(CN)cc1.Nc1nc2ncc(CNc3ccc(C(=O)NC(CCC(=O)O)C(=O)O)cc3)nc2c(=O)[nH]1. The normalized spacial score (nSPS) is 11.6. The van der Waals surface area contributed by atoms with Gasteiger partial charge in [-0.15, -0.1) is 0 Å². The number of aromatic amines is 1. The summed E-state index contributed by atoms with van der Waals surface area (Å²) in [6.45, 7) is 3.75. The number of aryl methyl sites for hydroxylation is 1. The number of nitrogens with two attached hydrogens (primary N) is 3. The van der Waals surface area contributed by atoms with E-state index in [1.807, 2.05) is 18.2 Å². The number of nitrogens with zero attached hydrogens (tertiary/aromatic N) is 6. The van der Waals surface area contributed by atoms with E-state index in [1.165, 1.54) is 23.9 Å². The molecule has 0 aliphatic rings. The molecule has 1 atom stereocenters. The van der Waals surface area contributed by atoms with Crippen LogP contribution in [0.4, 0.5) is 17.5 Å². The number of aromatic nitrogens is 7. The second-order valence-corrected chi connectivity index (χ2v) is 13.7. The molecule has 4 aromatic heterocycles. The molecule has 0 radical (unpaired) electrons. The van der Waals surface area contributed by atoms with Crippen LogP contribution in [0, 0.1) is 0 Å². The molecule has 1 unspecified atom stereocenters. The molecule has 11 N–H and O–H groups in total. The topological polar surface area (TPSA) is 296 Å². The van der Waals surface area contributed by atoms with Crippen LogP contribution >= 0.6 is 0 Å². The maximum atomic E-state index is 12.3. The van der Waals surface area contributed by atoms with E-state index < -0.39 is 29.4 Å². The maximum Gasteiger partial charge on any atom is 0.326 e. The fourth-order valence-electron chi connectivity index (χ4n) is 6.32. The third-order valence-electron chi connectivity index (χ3n) is 9.40. The Morgan fingerprint density at radius 1 is 0.898 bits per heavy atom. The first-order chi connectivity index (χ1) is 28.4. The Labute approximate surface area is 336 Å². The average Bonchev–Trinajstić information content (AvgIpc) is 3.59. The molecule has 0 saturated heterocycles. The van der Waals surface area contributed by atoms with Gasteiger partial charge in [0.1, 0.15) is 17.4 Å². The molecule has 7 aromatic rings. The zero-order valence-electron chi connectivity index (χ0n) is 32.2. The van der Waals surface area contributed by atoms with Crippen molar-refractivity contribution in [3.05, 3.63) is 118 Å². The second kappa shape index (κ2) is 18.6. The average molecular weight is 801 g/mol. The number of aliphatic carboxylic acids is 2. The number of imidazole rings is 1. The highest BCUT2D eigenvalue weighted by molar-refractivity contribution is 6.06. The van der Waals surface area contributed by atoms with Crippen molar-refractivity contribution in [1.82, 2.24) is 39.8 Å². The minimum Gasteiger partial charge on any atom is -0.481 e. The van der Waals surface area contributed by atoms with Gasteiger partial charge in [0, 0.05) is 42.6 Å². The van der Waals surface area contributed by atoms with E-state index in [0.717, 1.165) is 59.1 Å². The molecule has 4 heterocycles. The number of carbonyl (C=O) groups excluding carboxylic acids is 1. The van der Waals surface area contributed by atoms with Crippen molar-refractivity contribution < 1.29 is 24.6 Å². The summed E-state index contributed by atoms with van der Waals surface area (Å²) in [6.07, 6.45) is 4.00. The van der Waals surface area contributed by atoms with Crippen molar-refractivity contribution >= 4 is 68.4 Å². The molecule has 18 nitrogen and oxygen atoms in total. The lowest BCUT2D eigenvalue weighted by atomic mass is 10.1. The van der Waals surface area contributed by atoms with Gasteiger partial charge in [0.2, 0.25) is 5.95 Å². The van der Waals surface area contributed by atoms with Crippen molar-refractivity contribution in [2.75, 3.05) is 16.8 Å². The molecule has 0 saturated carbocycles. The highest BCUT2D eigenvalue weighted by Gasteiger charge is 2.22. The molecular weight excluding hydrogens is 757 g/mol. The molecule has 3 aromatic carbocycles. The fraction of sp³-hybridized carbons (Fsp3) is 0.244. The molecule has 7 rings (SSSR count). The first-order valence-electron chi connectivity index (χ1n) is 18.9. The van der Waals surface area contributed by atoms with Crippen LogP contribution in [0.2, 0.25) is 0 Å². The Kier molecular flexibility index (Phi) is 13.0. The van der Waals surface area contributed by atoms with Crippen LogP contribution < -0.4 is 33.4 Å². The van der Waals surface area contributed by atoms with E-state index >= 15 is 0 Å². The number of unbranched alkanes of at least 4 members (excludes halogenated alkanes) is 1. The van der Waals surface area contributed by atoms with Gasteiger partial charge >= 0.3 is 11.9 Å². The number of pyridine rings is 1. The quantitative estimate of drug-likeness (QED) is 0.0728. The number of nitrogens with one attached hydrogen (secondary N) is 3. The van der Waals surface area contributed by atoms with Crippen molar-refractivity contribution in [2.45, 2.75) is 64.7 Å². The summed E-state index contributed by atoms with van der Waals surface area (Å²) in [6, 6.07) is 21.5. The van der Waals surface area contributed by atoms with Gasteiger partial charge in [-0.3, -0.25) is 19.4 Å². The van der Waals surface area contributed by atoms with E-state index in [-0.39, 0.29) is 42.1 Å². The Balaban J connectivity index is 0.000000201. The first-order valence-corrected chi connectivity index (χ1v) is 18.9. The third kappa shape index (κ3) is 10.1. The van der Waals surface area contributed by atoms with Gasteiger partial charge in [0.25, 0.3) is 11.5 Å². The molecule has 18 heteroatoms. The highest BCUT2D eigenvalue weighted by atomic mass is 16.4.